The van der Waals surface area contributed by atoms with Gasteiger partial charge in [0.15, 0.2) is 11.6 Å². The molecule has 0 unspecified atom stereocenters. The van der Waals surface area contributed by atoms with Crippen LogP contribution in [-0.4, -0.2) is 54.5 Å². The molecule has 1 fully saturated rings. The summed E-state index contributed by atoms with van der Waals surface area (Å²) in [6.07, 6.45) is 5.26. The van der Waals surface area contributed by atoms with Crippen LogP contribution < -0.4 is 11.3 Å². The molecule has 0 saturated heterocycles. The molecule has 0 aliphatic heterocycles. The molecule has 12 heteroatoms. The van der Waals surface area contributed by atoms with Crippen molar-refractivity contribution in [3.05, 3.63) is 92.6 Å². The summed E-state index contributed by atoms with van der Waals surface area (Å²) in [6.45, 7) is 1.10. The zero-order valence-corrected chi connectivity index (χ0v) is 24.4. The van der Waals surface area contributed by atoms with Crippen LogP contribution in [0.25, 0.3) is 28.3 Å². The molecular formula is C32H33FN6O5. The molecule has 0 atom stereocenters. The molecule has 5 aromatic rings. The molecule has 44 heavy (non-hydrogen) atoms. The lowest BCUT2D eigenvalue weighted by atomic mass is 9.92. The average Bonchev–Trinajstić information content (AvgIpc) is 3.70. The van der Waals surface area contributed by atoms with Crippen molar-refractivity contribution in [3.8, 4) is 22.5 Å². The summed E-state index contributed by atoms with van der Waals surface area (Å²) in [4.78, 5) is 44.2. The number of hydrogen-bond acceptors (Lipinski definition) is 8. The van der Waals surface area contributed by atoms with Crippen LogP contribution in [0, 0.1) is 0 Å². The number of aromatic amines is 1. The molecule has 3 heterocycles. The maximum absolute atomic E-state index is 14.2. The van der Waals surface area contributed by atoms with Crippen LogP contribution in [0.15, 0.2) is 69.0 Å². The fourth-order valence-corrected chi connectivity index (χ4v) is 6.07. The Morgan fingerprint density at radius 1 is 1.07 bits per heavy atom. The summed E-state index contributed by atoms with van der Waals surface area (Å²) in [5, 5.41) is 8.29. The van der Waals surface area contributed by atoms with Crippen LogP contribution in [0.5, 0.6) is 0 Å². The predicted octanol–water partition coefficient (Wildman–Crippen LogP) is 4.48. The minimum Gasteiger partial charge on any atom is -0.370 e. The first-order valence-electron chi connectivity index (χ1n) is 14.8. The summed E-state index contributed by atoms with van der Waals surface area (Å²) in [7, 11) is 0. The van der Waals surface area contributed by atoms with E-state index in [1.54, 1.807) is 9.08 Å². The van der Waals surface area contributed by atoms with Crippen molar-refractivity contribution < 1.29 is 18.4 Å². The lowest BCUT2D eigenvalue weighted by molar-refractivity contribution is -0.124. The second-order valence-corrected chi connectivity index (χ2v) is 11.2. The van der Waals surface area contributed by atoms with Gasteiger partial charge >= 0.3 is 5.76 Å². The first-order chi connectivity index (χ1) is 21.4. The highest BCUT2D eigenvalue weighted by Gasteiger charge is 2.28. The number of fused-ring (bicyclic) bond motifs is 1. The molecule has 6 rings (SSSR count). The lowest BCUT2D eigenvalue weighted by Gasteiger charge is -2.30. The maximum atomic E-state index is 14.2. The number of hydrogen-bond donors (Lipinski definition) is 1. The van der Waals surface area contributed by atoms with Crippen molar-refractivity contribution in [2.24, 2.45) is 0 Å². The predicted molar refractivity (Wildman–Crippen MR) is 160 cm³/mol. The van der Waals surface area contributed by atoms with Crippen molar-refractivity contribution in [2.75, 3.05) is 13.3 Å². The number of nitrogens with one attached hydrogen (secondary N) is 1. The molecule has 0 amide bonds. The number of Topliss-reactive ketones (excluding diaryl/α,β-unsaturated/α-hetero) is 1. The van der Waals surface area contributed by atoms with Crippen LogP contribution in [-0.2, 0) is 22.4 Å². The van der Waals surface area contributed by atoms with Gasteiger partial charge in [-0.05, 0) is 62.1 Å². The summed E-state index contributed by atoms with van der Waals surface area (Å²) in [5.74, 6) is 0.163. The number of H-pyrrole nitrogens is 1. The number of halogens is 1. The molecule has 11 nitrogen and oxygen atoms in total. The van der Waals surface area contributed by atoms with E-state index in [-0.39, 0.29) is 36.5 Å². The number of rotatable bonds is 11. The first kappa shape index (κ1) is 29.4. The fourth-order valence-electron chi connectivity index (χ4n) is 6.07. The number of aromatic nitrogens is 6. The maximum Gasteiger partial charge on any atom is 0.439 e. The Bertz CT molecular complexity index is 1880. The molecule has 3 aromatic heterocycles. The van der Waals surface area contributed by atoms with Crippen molar-refractivity contribution in [3.63, 3.8) is 0 Å². The van der Waals surface area contributed by atoms with Crippen LogP contribution in [0.1, 0.15) is 61.9 Å². The molecule has 0 spiro atoms. The molecule has 0 bridgehead atoms. The smallest absolute Gasteiger partial charge is 0.370 e. The Balaban J connectivity index is 1.32. The number of ketones is 1. The molecular weight excluding hydrogens is 567 g/mol. The third-order valence-corrected chi connectivity index (χ3v) is 8.17. The number of carbonyl (C=O) groups is 1. The fraction of sp³-hybridized carbons (Fsp3) is 0.375. The Morgan fingerprint density at radius 2 is 1.82 bits per heavy atom. The highest BCUT2D eigenvalue weighted by molar-refractivity contribution is 5.80. The number of ether oxygens (including phenoxy) is 1. The quantitative estimate of drug-likeness (QED) is 0.234. The van der Waals surface area contributed by atoms with Gasteiger partial charge in [-0.1, -0.05) is 53.7 Å². The largest absolute Gasteiger partial charge is 0.439 e. The van der Waals surface area contributed by atoms with Crippen LogP contribution in [0.2, 0.25) is 0 Å². The minimum atomic E-state index is -0.627. The van der Waals surface area contributed by atoms with Gasteiger partial charge in [0.2, 0.25) is 5.78 Å². The van der Waals surface area contributed by atoms with E-state index in [2.05, 4.69) is 20.2 Å². The standard InChI is InChI=1S/C32H33FN6O5/c1-20(40)18-43-24-14-12-23(13-15-24)38-30(41)27(28(7-4-16-33)39-31(38)34-19-35-39)17-21-8-10-22(11-9-21)25-5-2-3-6-26(25)29-36-32(42)44-37-29/h2-3,5-6,8-11,19,23-24H,4,7,12-18H2,1H3,(H,36,37,42). The van der Waals surface area contributed by atoms with E-state index in [0.29, 0.717) is 48.5 Å². The summed E-state index contributed by atoms with van der Waals surface area (Å²) < 4.78 is 27.2. The second kappa shape index (κ2) is 12.9. The van der Waals surface area contributed by atoms with Gasteiger partial charge in [0.25, 0.3) is 5.56 Å². The average molecular weight is 601 g/mol. The minimum absolute atomic E-state index is 0.00873. The van der Waals surface area contributed by atoms with Crippen molar-refractivity contribution in [1.29, 1.82) is 0 Å². The zero-order valence-electron chi connectivity index (χ0n) is 24.4. The zero-order chi connectivity index (χ0) is 30.6. The normalized spacial score (nSPS) is 16.9. The third kappa shape index (κ3) is 6.02. The topological polar surface area (TPSA) is 137 Å². The van der Waals surface area contributed by atoms with Crippen LogP contribution in [0.3, 0.4) is 0 Å². The summed E-state index contributed by atoms with van der Waals surface area (Å²) in [5.41, 5.74) is 4.49. The van der Waals surface area contributed by atoms with E-state index in [4.69, 9.17) is 9.26 Å². The number of alkyl halides is 1. The van der Waals surface area contributed by atoms with Crippen LogP contribution >= 0.6 is 0 Å². The molecule has 2 aromatic carbocycles. The number of carbonyl (C=O) groups excluding carboxylic acids is 1. The Labute approximate surface area is 251 Å². The SMILES string of the molecule is CC(=O)COC1CCC(n2c(=O)c(Cc3ccc(-c4ccccc4-c4noc(=O)[nH]4)cc3)c(CCCF)n3ncnc23)CC1. The summed E-state index contributed by atoms with van der Waals surface area (Å²) in [6, 6.07) is 15.3. The Hall–Kier alpha value is -4.71. The molecule has 1 saturated carbocycles. The monoisotopic (exact) mass is 600 g/mol. The van der Waals surface area contributed by atoms with Gasteiger partial charge in [-0.15, -0.1) is 0 Å². The number of nitrogens with zero attached hydrogens (tertiary/aromatic N) is 5. The molecule has 1 N–H and O–H groups in total. The highest BCUT2D eigenvalue weighted by atomic mass is 19.1. The number of benzene rings is 2. The number of aryl methyl sites for hydroxylation is 1. The molecule has 1 aliphatic rings. The highest BCUT2D eigenvalue weighted by Crippen LogP contribution is 2.32. The van der Waals surface area contributed by atoms with E-state index >= 15 is 0 Å². The summed E-state index contributed by atoms with van der Waals surface area (Å²) >= 11 is 0. The van der Waals surface area contributed by atoms with Gasteiger partial charge in [-0.25, -0.2) is 9.31 Å². The van der Waals surface area contributed by atoms with E-state index in [1.165, 1.54) is 13.3 Å². The first-order valence-corrected chi connectivity index (χ1v) is 14.8. The lowest BCUT2D eigenvalue weighted by Crippen LogP contribution is -2.35. The van der Waals surface area contributed by atoms with Gasteiger partial charge in [0.05, 0.1) is 18.5 Å². The van der Waals surface area contributed by atoms with E-state index in [0.717, 1.165) is 35.1 Å². The molecule has 1 aliphatic carbocycles. The van der Waals surface area contributed by atoms with Gasteiger partial charge in [-0.2, -0.15) is 10.1 Å². The van der Waals surface area contributed by atoms with E-state index < -0.39 is 12.4 Å². The van der Waals surface area contributed by atoms with Gasteiger partial charge in [0, 0.05) is 23.6 Å². The van der Waals surface area contributed by atoms with E-state index in [1.807, 2.05) is 48.5 Å². The third-order valence-electron chi connectivity index (χ3n) is 8.17. The van der Waals surface area contributed by atoms with Crippen LogP contribution in [0.4, 0.5) is 4.39 Å². The Morgan fingerprint density at radius 3 is 2.50 bits per heavy atom. The van der Waals surface area contributed by atoms with Gasteiger partial charge < -0.3 is 4.74 Å². The van der Waals surface area contributed by atoms with E-state index in [9.17, 15) is 18.8 Å². The van der Waals surface area contributed by atoms with Gasteiger partial charge in [-0.3, -0.25) is 28.1 Å². The van der Waals surface area contributed by atoms with Crippen molar-refractivity contribution >= 4 is 11.6 Å². The Kier molecular flexibility index (Phi) is 8.60. The van der Waals surface area contributed by atoms with Crippen molar-refractivity contribution in [1.82, 2.24) is 29.3 Å². The van der Waals surface area contributed by atoms with Crippen molar-refractivity contribution in [2.45, 2.75) is 64.0 Å². The molecule has 228 valence electrons. The molecule has 0 radical (unpaired) electrons. The van der Waals surface area contributed by atoms with Gasteiger partial charge in [0.1, 0.15) is 12.9 Å². The second-order valence-electron chi connectivity index (χ2n) is 11.2.